The fourth-order valence-corrected chi connectivity index (χ4v) is 3.06. The number of alkyl halides is 1. The summed E-state index contributed by atoms with van der Waals surface area (Å²) in [6.07, 6.45) is 1.22. The highest BCUT2D eigenvalue weighted by Gasteiger charge is 2.20. The maximum atomic E-state index is 6.23. The van der Waals surface area contributed by atoms with Crippen molar-refractivity contribution in [3.63, 3.8) is 0 Å². The number of anilines is 1. The molecule has 0 N–H and O–H groups in total. The maximum Gasteiger partial charge on any atom is 0.0488 e. The molecule has 1 atom stereocenters. The minimum Gasteiger partial charge on any atom is -0.369 e. The van der Waals surface area contributed by atoms with Crippen molar-refractivity contribution in [1.29, 1.82) is 0 Å². The van der Waals surface area contributed by atoms with Gasteiger partial charge in [0.1, 0.15) is 0 Å². The topological polar surface area (TPSA) is 6.48 Å². The van der Waals surface area contributed by atoms with Crippen LogP contribution in [0.3, 0.4) is 0 Å². The summed E-state index contributed by atoms with van der Waals surface area (Å²) in [5.41, 5.74) is 2.22. The van der Waals surface area contributed by atoms with Crippen LogP contribution in [0.25, 0.3) is 0 Å². The zero-order valence-electron chi connectivity index (χ0n) is 11.7. The molecule has 2 nitrogen and oxygen atoms in total. The quantitative estimate of drug-likeness (QED) is 0.776. The van der Waals surface area contributed by atoms with Crippen LogP contribution in [0.15, 0.2) is 18.2 Å². The van der Waals surface area contributed by atoms with Crippen LogP contribution in [0.5, 0.6) is 0 Å². The van der Waals surface area contributed by atoms with Crippen LogP contribution in [-0.4, -0.2) is 37.1 Å². The van der Waals surface area contributed by atoms with Gasteiger partial charge >= 0.3 is 0 Å². The van der Waals surface area contributed by atoms with Crippen molar-refractivity contribution < 1.29 is 0 Å². The molecular weight excluding hydrogens is 279 g/mol. The van der Waals surface area contributed by atoms with Crippen LogP contribution < -0.4 is 4.90 Å². The molecule has 0 amide bonds. The van der Waals surface area contributed by atoms with Crippen LogP contribution in [-0.2, 0) is 5.88 Å². The highest BCUT2D eigenvalue weighted by Crippen LogP contribution is 2.26. The molecule has 1 aromatic rings. The van der Waals surface area contributed by atoms with Gasteiger partial charge in [-0.2, -0.15) is 0 Å². The molecule has 0 spiro atoms. The van der Waals surface area contributed by atoms with Gasteiger partial charge < -0.3 is 4.90 Å². The SMILES string of the molecule is CCC(C)N1CCN(c2ccc(CCl)c(Cl)c2)CC1. The van der Waals surface area contributed by atoms with Gasteiger partial charge in [0.25, 0.3) is 0 Å². The van der Waals surface area contributed by atoms with Crippen molar-refractivity contribution in [2.24, 2.45) is 0 Å². The summed E-state index contributed by atoms with van der Waals surface area (Å²) in [4.78, 5) is 4.97. The smallest absolute Gasteiger partial charge is 0.0488 e. The minimum absolute atomic E-state index is 0.473. The third kappa shape index (κ3) is 3.56. The van der Waals surface area contributed by atoms with Crippen LogP contribution in [0, 0.1) is 0 Å². The van der Waals surface area contributed by atoms with Crippen molar-refractivity contribution in [3.8, 4) is 0 Å². The lowest BCUT2D eigenvalue weighted by atomic mass is 10.1. The Morgan fingerprint density at radius 1 is 1.21 bits per heavy atom. The standard InChI is InChI=1S/C15H22Cl2N2/c1-3-12(2)18-6-8-19(9-7-18)14-5-4-13(11-16)15(17)10-14/h4-5,10,12H,3,6-9,11H2,1-2H3. The van der Waals surface area contributed by atoms with Crippen molar-refractivity contribution in [3.05, 3.63) is 28.8 Å². The molecule has 4 heteroatoms. The van der Waals surface area contributed by atoms with E-state index in [4.69, 9.17) is 23.2 Å². The first-order valence-corrected chi connectivity index (χ1v) is 7.90. The van der Waals surface area contributed by atoms with Crippen LogP contribution in [0.4, 0.5) is 5.69 Å². The molecule has 1 unspecified atom stereocenters. The molecule has 1 saturated heterocycles. The normalized spacial score (nSPS) is 18.6. The number of piperazine rings is 1. The van der Waals surface area contributed by atoms with Gasteiger partial charge in [0.2, 0.25) is 0 Å². The summed E-state index contributed by atoms with van der Waals surface area (Å²) < 4.78 is 0. The van der Waals surface area contributed by atoms with E-state index in [1.165, 1.54) is 12.1 Å². The third-order valence-corrected chi connectivity index (χ3v) is 4.71. The summed E-state index contributed by atoms with van der Waals surface area (Å²) in [6, 6.07) is 6.89. The molecule has 0 aromatic heterocycles. The van der Waals surface area contributed by atoms with Crippen molar-refractivity contribution in [2.45, 2.75) is 32.2 Å². The average Bonchev–Trinajstić information content (AvgIpc) is 2.46. The second-order valence-electron chi connectivity index (χ2n) is 5.19. The van der Waals surface area contributed by atoms with Gasteiger partial charge in [-0.05, 0) is 31.0 Å². The first-order valence-electron chi connectivity index (χ1n) is 6.99. The Bertz CT molecular complexity index is 415. The summed E-state index contributed by atoms with van der Waals surface area (Å²) >= 11 is 12.1. The first-order chi connectivity index (χ1) is 9.15. The molecule has 106 valence electrons. The molecule has 1 aliphatic heterocycles. The van der Waals surface area contributed by atoms with Crippen LogP contribution >= 0.6 is 23.2 Å². The predicted molar refractivity (Wildman–Crippen MR) is 84.5 cm³/mol. The largest absolute Gasteiger partial charge is 0.369 e. The first kappa shape index (κ1) is 15.0. The van der Waals surface area contributed by atoms with E-state index < -0.39 is 0 Å². The van der Waals surface area contributed by atoms with Gasteiger partial charge in [-0.1, -0.05) is 24.6 Å². The van der Waals surface area contributed by atoms with Crippen LogP contribution in [0.1, 0.15) is 25.8 Å². The molecular formula is C15H22Cl2N2. The van der Waals surface area contributed by atoms with Gasteiger partial charge in [-0.25, -0.2) is 0 Å². The number of hydrogen-bond acceptors (Lipinski definition) is 2. The molecule has 1 fully saturated rings. The number of nitrogens with zero attached hydrogens (tertiary/aromatic N) is 2. The van der Waals surface area contributed by atoms with E-state index in [1.807, 2.05) is 12.1 Å². The highest BCUT2D eigenvalue weighted by atomic mass is 35.5. The summed E-state index contributed by atoms with van der Waals surface area (Å²) in [7, 11) is 0. The van der Waals surface area contributed by atoms with Crippen LogP contribution in [0.2, 0.25) is 5.02 Å². The molecule has 0 radical (unpaired) electrons. The van der Waals surface area contributed by atoms with Gasteiger partial charge in [0, 0.05) is 48.8 Å². The van der Waals surface area contributed by atoms with Crippen molar-refractivity contribution in [1.82, 2.24) is 4.90 Å². The van der Waals surface area contributed by atoms with E-state index in [1.54, 1.807) is 0 Å². The fraction of sp³-hybridized carbons (Fsp3) is 0.600. The minimum atomic E-state index is 0.473. The number of halogens is 2. The lowest BCUT2D eigenvalue weighted by Gasteiger charge is -2.39. The van der Waals surface area contributed by atoms with Gasteiger partial charge in [0.15, 0.2) is 0 Å². The van der Waals surface area contributed by atoms with E-state index in [9.17, 15) is 0 Å². The third-order valence-electron chi connectivity index (χ3n) is 4.07. The summed E-state index contributed by atoms with van der Waals surface area (Å²) in [6.45, 7) is 8.96. The average molecular weight is 301 g/mol. The second kappa shape index (κ2) is 6.83. The molecule has 2 rings (SSSR count). The lowest BCUT2D eigenvalue weighted by Crippen LogP contribution is -2.49. The Kier molecular flexibility index (Phi) is 5.37. The van der Waals surface area contributed by atoms with E-state index in [-0.39, 0.29) is 0 Å². The second-order valence-corrected chi connectivity index (χ2v) is 5.86. The Morgan fingerprint density at radius 3 is 2.42 bits per heavy atom. The van der Waals surface area contributed by atoms with Crippen molar-refractivity contribution in [2.75, 3.05) is 31.1 Å². The number of rotatable bonds is 4. The Morgan fingerprint density at radius 2 is 1.89 bits per heavy atom. The summed E-state index contributed by atoms with van der Waals surface area (Å²) in [5.74, 6) is 0.473. The van der Waals surface area contributed by atoms with Crippen molar-refractivity contribution >= 4 is 28.9 Å². The maximum absolute atomic E-state index is 6.23. The predicted octanol–water partition coefficient (Wildman–Crippen LogP) is 4.00. The summed E-state index contributed by atoms with van der Waals surface area (Å²) in [5, 5.41) is 0.775. The Hall–Kier alpha value is -0.440. The molecule has 19 heavy (non-hydrogen) atoms. The van der Waals surface area contributed by atoms with E-state index in [0.29, 0.717) is 11.9 Å². The Labute approximate surface area is 126 Å². The van der Waals surface area contributed by atoms with Gasteiger partial charge in [-0.15, -0.1) is 11.6 Å². The number of benzene rings is 1. The molecule has 1 aromatic carbocycles. The van der Waals surface area contributed by atoms with E-state index in [2.05, 4.69) is 29.7 Å². The number of hydrogen-bond donors (Lipinski definition) is 0. The molecule has 0 bridgehead atoms. The molecule has 1 aliphatic rings. The fourth-order valence-electron chi connectivity index (χ4n) is 2.52. The van der Waals surface area contributed by atoms with E-state index >= 15 is 0 Å². The highest BCUT2D eigenvalue weighted by molar-refractivity contribution is 6.32. The monoisotopic (exact) mass is 300 g/mol. The van der Waals surface area contributed by atoms with E-state index in [0.717, 1.165) is 36.8 Å². The Balaban J connectivity index is 1.99. The zero-order chi connectivity index (χ0) is 13.8. The lowest BCUT2D eigenvalue weighted by molar-refractivity contribution is 0.193. The molecule has 0 saturated carbocycles. The molecule has 1 heterocycles. The van der Waals surface area contributed by atoms with Gasteiger partial charge in [0.05, 0.1) is 0 Å². The van der Waals surface area contributed by atoms with Gasteiger partial charge in [-0.3, -0.25) is 4.90 Å². The zero-order valence-corrected chi connectivity index (χ0v) is 13.2. The molecule has 0 aliphatic carbocycles.